The normalized spacial score (nSPS) is 19.7. The molecular formula is C20H29IN6O. The Labute approximate surface area is 183 Å². The lowest BCUT2D eigenvalue weighted by molar-refractivity contribution is -0.00835. The number of rotatable bonds is 3. The number of benzene rings is 1. The molecule has 1 saturated heterocycles. The van der Waals surface area contributed by atoms with Crippen LogP contribution in [-0.4, -0.2) is 52.4 Å². The van der Waals surface area contributed by atoms with Crippen LogP contribution in [0.4, 0.5) is 0 Å². The highest BCUT2D eigenvalue weighted by molar-refractivity contribution is 14.0. The number of aryl methyl sites for hydroxylation is 2. The van der Waals surface area contributed by atoms with Crippen molar-refractivity contribution in [2.24, 2.45) is 4.99 Å². The summed E-state index contributed by atoms with van der Waals surface area (Å²) in [6.45, 7) is 6.12. The number of fused-ring (bicyclic) bond motifs is 1. The molecule has 7 nitrogen and oxygen atoms in total. The Balaban J connectivity index is 0.00000225. The monoisotopic (exact) mass is 496 g/mol. The van der Waals surface area contributed by atoms with Crippen LogP contribution in [0.1, 0.15) is 41.7 Å². The average molecular weight is 496 g/mol. The number of ether oxygens (including phenoxy) is 1. The van der Waals surface area contributed by atoms with Gasteiger partial charge in [-0.15, -0.1) is 34.2 Å². The first-order valence-corrected chi connectivity index (χ1v) is 9.80. The highest BCUT2D eigenvalue weighted by Crippen LogP contribution is 2.25. The molecule has 2 aliphatic rings. The summed E-state index contributed by atoms with van der Waals surface area (Å²) >= 11 is 0. The van der Waals surface area contributed by atoms with Crippen molar-refractivity contribution in [2.45, 2.75) is 45.4 Å². The van der Waals surface area contributed by atoms with Gasteiger partial charge in [0.15, 0.2) is 11.8 Å². The van der Waals surface area contributed by atoms with Crippen molar-refractivity contribution in [1.29, 1.82) is 0 Å². The Kier molecular flexibility index (Phi) is 7.28. The van der Waals surface area contributed by atoms with Gasteiger partial charge in [-0.05, 0) is 30.9 Å². The van der Waals surface area contributed by atoms with E-state index in [-0.39, 0.29) is 30.1 Å². The molecule has 0 bridgehead atoms. The molecule has 152 valence electrons. The van der Waals surface area contributed by atoms with Crippen LogP contribution in [0, 0.1) is 6.92 Å². The molecule has 1 fully saturated rings. The van der Waals surface area contributed by atoms with E-state index in [2.05, 4.69) is 61.2 Å². The zero-order valence-electron chi connectivity index (χ0n) is 16.6. The summed E-state index contributed by atoms with van der Waals surface area (Å²) in [4.78, 5) is 6.76. The highest BCUT2D eigenvalue weighted by atomic mass is 127. The SMILES string of the molecule is CN=C(NCc1nnc2n1CCCC2)N1CCOC(c2ccccc2C)C1.I. The van der Waals surface area contributed by atoms with Crippen LogP contribution < -0.4 is 5.32 Å². The lowest BCUT2D eigenvalue weighted by atomic mass is 10.0. The topological polar surface area (TPSA) is 67.6 Å². The van der Waals surface area contributed by atoms with Crippen molar-refractivity contribution in [3.05, 3.63) is 47.0 Å². The molecule has 28 heavy (non-hydrogen) atoms. The Bertz CT molecular complexity index is 821. The van der Waals surface area contributed by atoms with Crippen LogP contribution in [0.5, 0.6) is 0 Å². The summed E-state index contributed by atoms with van der Waals surface area (Å²) in [5, 5.41) is 12.2. The second-order valence-corrected chi connectivity index (χ2v) is 7.20. The van der Waals surface area contributed by atoms with E-state index in [4.69, 9.17) is 4.74 Å². The lowest BCUT2D eigenvalue weighted by Gasteiger charge is -2.35. The highest BCUT2D eigenvalue weighted by Gasteiger charge is 2.25. The van der Waals surface area contributed by atoms with Crippen molar-refractivity contribution in [1.82, 2.24) is 25.0 Å². The van der Waals surface area contributed by atoms with E-state index in [1.54, 1.807) is 0 Å². The maximum absolute atomic E-state index is 6.04. The van der Waals surface area contributed by atoms with E-state index in [0.717, 1.165) is 43.7 Å². The molecule has 2 aromatic rings. The second kappa shape index (κ2) is 9.69. The fraction of sp³-hybridized carbons (Fsp3) is 0.550. The summed E-state index contributed by atoms with van der Waals surface area (Å²) in [6, 6.07) is 8.44. The first kappa shape index (κ1) is 21.0. The second-order valence-electron chi connectivity index (χ2n) is 7.20. The van der Waals surface area contributed by atoms with Gasteiger partial charge in [0.25, 0.3) is 0 Å². The third kappa shape index (κ3) is 4.48. The quantitative estimate of drug-likeness (QED) is 0.402. The third-order valence-corrected chi connectivity index (χ3v) is 5.45. The minimum absolute atomic E-state index is 0. The summed E-state index contributed by atoms with van der Waals surface area (Å²) in [7, 11) is 1.83. The number of guanidine groups is 1. The Hall–Kier alpha value is -1.68. The predicted octanol–water partition coefficient (Wildman–Crippen LogP) is 2.69. The van der Waals surface area contributed by atoms with Crippen molar-refractivity contribution >= 4 is 29.9 Å². The molecule has 0 aliphatic carbocycles. The number of morpholine rings is 1. The summed E-state index contributed by atoms with van der Waals surface area (Å²) < 4.78 is 8.29. The van der Waals surface area contributed by atoms with Crippen molar-refractivity contribution in [3.8, 4) is 0 Å². The molecule has 1 atom stereocenters. The molecule has 1 N–H and O–H groups in total. The van der Waals surface area contributed by atoms with E-state index in [9.17, 15) is 0 Å². The van der Waals surface area contributed by atoms with E-state index < -0.39 is 0 Å². The number of hydrogen-bond donors (Lipinski definition) is 1. The number of aliphatic imine (C=N–C) groups is 1. The van der Waals surface area contributed by atoms with Gasteiger partial charge in [0.1, 0.15) is 11.9 Å². The van der Waals surface area contributed by atoms with Gasteiger partial charge in [-0.1, -0.05) is 24.3 Å². The van der Waals surface area contributed by atoms with Crippen molar-refractivity contribution < 1.29 is 4.74 Å². The van der Waals surface area contributed by atoms with Gasteiger partial charge in [-0.25, -0.2) is 0 Å². The molecule has 0 amide bonds. The van der Waals surface area contributed by atoms with Crippen molar-refractivity contribution in [2.75, 3.05) is 26.7 Å². The number of nitrogens with one attached hydrogen (secondary N) is 1. The number of hydrogen-bond acceptors (Lipinski definition) is 4. The summed E-state index contributed by atoms with van der Waals surface area (Å²) in [5.74, 6) is 3.00. The molecule has 0 radical (unpaired) electrons. The third-order valence-electron chi connectivity index (χ3n) is 5.45. The van der Waals surface area contributed by atoms with Gasteiger partial charge in [-0.3, -0.25) is 4.99 Å². The molecule has 0 saturated carbocycles. The molecule has 4 rings (SSSR count). The largest absolute Gasteiger partial charge is 0.370 e. The molecule has 2 aliphatic heterocycles. The minimum atomic E-state index is 0. The van der Waals surface area contributed by atoms with Crippen LogP contribution in [0.3, 0.4) is 0 Å². The van der Waals surface area contributed by atoms with Gasteiger partial charge in [0.05, 0.1) is 19.7 Å². The summed E-state index contributed by atoms with van der Waals surface area (Å²) in [5.41, 5.74) is 2.52. The van der Waals surface area contributed by atoms with Gasteiger partial charge < -0.3 is 19.5 Å². The van der Waals surface area contributed by atoms with Crippen LogP contribution in [0.25, 0.3) is 0 Å². The first-order chi connectivity index (χ1) is 13.3. The smallest absolute Gasteiger partial charge is 0.194 e. The molecule has 1 aromatic carbocycles. The predicted molar refractivity (Wildman–Crippen MR) is 120 cm³/mol. The molecular weight excluding hydrogens is 467 g/mol. The van der Waals surface area contributed by atoms with Crippen LogP contribution in [0.2, 0.25) is 0 Å². The first-order valence-electron chi connectivity index (χ1n) is 9.80. The van der Waals surface area contributed by atoms with E-state index in [1.165, 1.54) is 24.0 Å². The average Bonchev–Trinajstić information content (AvgIpc) is 3.12. The maximum Gasteiger partial charge on any atom is 0.194 e. The fourth-order valence-electron chi connectivity index (χ4n) is 3.97. The van der Waals surface area contributed by atoms with E-state index in [1.807, 2.05) is 7.05 Å². The van der Waals surface area contributed by atoms with E-state index in [0.29, 0.717) is 13.2 Å². The maximum atomic E-state index is 6.04. The Morgan fingerprint density at radius 2 is 2.11 bits per heavy atom. The zero-order valence-corrected chi connectivity index (χ0v) is 18.9. The molecule has 0 spiro atoms. The van der Waals surface area contributed by atoms with Gasteiger partial charge >= 0.3 is 0 Å². The van der Waals surface area contributed by atoms with Crippen LogP contribution in [0.15, 0.2) is 29.3 Å². The molecule has 8 heteroatoms. The van der Waals surface area contributed by atoms with Crippen molar-refractivity contribution in [3.63, 3.8) is 0 Å². The molecule has 1 aromatic heterocycles. The fourth-order valence-corrected chi connectivity index (χ4v) is 3.97. The Morgan fingerprint density at radius 3 is 2.93 bits per heavy atom. The van der Waals surface area contributed by atoms with Crippen LogP contribution in [-0.2, 0) is 24.2 Å². The Morgan fingerprint density at radius 1 is 1.25 bits per heavy atom. The zero-order chi connectivity index (χ0) is 18.6. The van der Waals surface area contributed by atoms with Gasteiger partial charge in [0, 0.05) is 26.6 Å². The number of halogens is 1. The van der Waals surface area contributed by atoms with Crippen LogP contribution >= 0.6 is 24.0 Å². The lowest BCUT2D eigenvalue weighted by Crippen LogP contribution is -2.48. The molecule has 1 unspecified atom stereocenters. The van der Waals surface area contributed by atoms with Gasteiger partial charge in [-0.2, -0.15) is 0 Å². The number of nitrogens with zero attached hydrogens (tertiary/aromatic N) is 5. The summed E-state index contributed by atoms with van der Waals surface area (Å²) in [6.07, 6.45) is 3.51. The van der Waals surface area contributed by atoms with Gasteiger partial charge in [0.2, 0.25) is 0 Å². The minimum Gasteiger partial charge on any atom is -0.370 e. The van der Waals surface area contributed by atoms with E-state index >= 15 is 0 Å². The number of aromatic nitrogens is 3. The molecule has 3 heterocycles. The standard InChI is InChI=1S/C20H28N6O.HI/c1-15-7-3-4-8-16(15)17-14-25(11-12-27-17)20(21-2)22-13-19-24-23-18-9-5-6-10-26(18)19;/h3-4,7-8,17H,5-6,9-14H2,1-2H3,(H,21,22);1H.